The molecule has 2 atom stereocenters. The molecule has 16 heavy (non-hydrogen) atoms. The largest absolute Gasteiger partial charge is 0.345 e. The van der Waals surface area contributed by atoms with E-state index >= 15 is 0 Å². The van der Waals surface area contributed by atoms with Crippen molar-refractivity contribution in [2.24, 2.45) is 11.3 Å². The molecule has 0 aromatic carbocycles. The summed E-state index contributed by atoms with van der Waals surface area (Å²) in [6.07, 6.45) is 3.82. The van der Waals surface area contributed by atoms with Crippen molar-refractivity contribution in [1.82, 2.24) is 4.90 Å². The van der Waals surface area contributed by atoms with Crippen LogP contribution >= 0.6 is 0 Å². The van der Waals surface area contributed by atoms with Crippen LogP contribution in [0.25, 0.3) is 0 Å². The number of hydrogen-bond acceptors (Lipinski definition) is 3. The maximum absolute atomic E-state index is 12.2. The van der Waals surface area contributed by atoms with Gasteiger partial charge in [0.15, 0.2) is 0 Å². The Morgan fingerprint density at radius 1 is 1.44 bits per heavy atom. The van der Waals surface area contributed by atoms with Gasteiger partial charge in [0, 0.05) is 32.4 Å². The molecule has 1 heterocycles. The molecule has 0 aromatic rings. The molecule has 4 nitrogen and oxygen atoms in total. The zero-order valence-electron chi connectivity index (χ0n) is 9.57. The van der Waals surface area contributed by atoms with Gasteiger partial charge in [0.05, 0.1) is 5.41 Å². The Hall–Kier alpha value is -1.19. The number of ketones is 1. The Morgan fingerprint density at radius 3 is 2.81 bits per heavy atom. The van der Waals surface area contributed by atoms with E-state index in [0.717, 1.165) is 12.7 Å². The van der Waals surface area contributed by atoms with E-state index in [0.29, 0.717) is 25.8 Å². The lowest BCUT2D eigenvalue weighted by molar-refractivity contribution is -0.157. The Balaban J connectivity index is 2.33. The standard InChI is InChI=1S/C12H17NO3/c1-13-6-4-9(8-14)12(11(13)16)5-2-3-10(15)7-12/h8-9H,2-7H2,1H3/t9-,12+/m1/s1. The van der Waals surface area contributed by atoms with Gasteiger partial charge in [-0.2, -0.15) is 0 Å². The van der Waals surface area contributed by atoms with E-state index in [1.807, 2.05) is 0 Å². The SMILES string of the molecule is CN1CC[C@H](C=O)[C@@]2(CCCC(=O)C2)C1=O. The minimum atomic E-state index is -0.704. The number of carbonyl (C=O) groups excluding carboxylic acids is 3. The first-order valence-electron chi connectivity index (χ1n) is 5.83. The summed E-state index contributed by atoms with van der Waals surface area (Å²) in [7, 11) is 1.75. The molecule has 4 heteroatoms. The molecule has 2 aliphatic rings. The van der Waals surface area contributed by atoms with Crippen LogP contribution in [0.4, 0.5) is 0 Å². The summed E-state index contributed by atoms with van der Waals surface area (Å²) in [4.78, 5) is 36.6. The fourth-order valence-electron chi connectivity index (χ4n) is 3.08. The molecule has 0 bridgehead atoms. The summed E-state index contributed by atoms with van der Waals surface area (Å²) in [6.45, 7) is 0.623. The number of hydrogen-bond donors (Lipinski definition) is 0. The molecule has 1 aliphatic heterocycles. The molecule has 0 aromatic heterocycles. The highest BCUT2D eigenvalue weighted by Gasteiger charge is 2.51. The predicted octanol–water partition coefficient (Wildman–Crippen LogP) is 0.793. The van der Waals surface area contributed by atoms with Gasteiger partial charge in [0.2, 0.25) is 5.91 Å². The van der Waals surface area contributed by atoms with Gasteiger partial charge in [-0.3, -0.25) is 9.59 Å². The number of aldehydes is 1. The van der Waals surface area contributed by atoms with Crippen LogP contribution in [-0.4, -0.2) is 36.5 Å². The highest BCUT2D eigenvalue weighted by atomic mass is 16.2. The first-order valence-corrected chi connectivity index (χ1v) is 5.83. The zero-order chi connectivity index (χ0) is 11.8. The van der Waals surface area contributed by atoms with E-state index < -0.39 is 5.41 Å². The van der Waals surface area contributed by atoms with Crippen LogP contribution in [0.15, 0.2) is 0 Å². The molecule has 1 amide bonds. The second-order valence-electron chi connectivity index (χ2n) is 4.98. The van der Waals surface area contributed by atoms with Crippen molar-refractivity contribution < 1.29 is 14.4 Å². The van der Waals surface area contributed by atoms with Crippen LogP contribution in [0.2, 0.25) is 0 Å². The van der Waals surface area contributed by atoms with Gasteiger partial charge in [0.1, 0.15) is 12.1 Å². The van der Waals surface area contributed by atoms with Crippen molar-refractivity contribution in [1.29, 1.82) is 0 Å². The van der Waals surface area contributed by atoms with E-state index in [1.165, 1.54) is 0 Å². The molecule has 0 N–H and O–H groups in total. The second kappa shape index (κ2) is 4.00. The number of likely N-dealkylation sites (tertiary alicyclic amines) is 1. The van der Waals surface area contributed by atoms with E-state index in [2.05, 4.69) is 0 Å². The Labute approximate surface area is 95.0 Å². The first-order chi connectivity index (χ1) is 7.60. The lowest BCUT2D eigenvalue weighted by Gasteiger charge is -2.45. The number of Topliss-reactive ketones (excluding diaryl/α,β-unsaturated/α-hetero) is 1. The second-order valence-corrected chi connectivity index (χ2v) is 4.98. The third-order valence-electron chi connectivity index (χ3n) is 4.01. The summed E-state index contributed by atoms with van der Waals surface area (Å²) in [5.41, 5.74) is -0.704. The normalized spacial score (nSPS) is 35.6. The van der Waals surface area contributed by atoms with Crippen LogP contribution < -0.4 is 0 Å². The number of piperidine rings is 1. The van der Waals surface area contributed by atoms with Gasteiger partial charge in [-0.15, -0.1) is 0 Å². The number of amides is 1. The lowest BCUT2D eigenvalue weighted by atomic mass is 9.62. The maximum atomic E-state index is 12.2. The quantitative estimate of drug-likeness (QED) is 0.618. The maximum Gasteiger partial charge on any atom is 0.229 e. The summed E-state index contributed by atoms with van der Waals surface area (Å²) < 4.78 is 0. The molecular formula is C12H17NO3. The van der Waals surface area contributed by atoms with Crippen LogP contribution in [0, 0.1) is 11.3 Å². The molecule has 0 unspecified atom stereocenters. The van der Waals surface area contributed by atoms with Crippen LogP contribution in [0.5, 0.6) is 0 Å². The van der Waals surface area contributed by atoms with Crippen molar-refractivity contribution >= 4 is 18.0 Å². The smallest absolute Gasteiger partial charge is 0.229 e. The average Bonchev–Trinajstić information content (AvgIpc) is 2.27. The molecular weight excluding hydrogens is 206 g/mol. The highest BCUT2D eigenvalue weighted by molar-refractivity contribution is 5.93. The fraction of sp³-hybridized carbons (Fsp3) is 0.750. The van der Waals surface area contributed by atoms with Crippen LogP contribution in [0.3, 0.4) is 0 Å². The number of nitrogens with zero attached hydrogens (tertiary/aromatic N) is 1. The first kappa shape index (κ1) is 11.3. The molecule has 0 radical (unpaired) electrons. The Morgan fingerprint density at radius 2 is 2.19 bits per heavy atom. The van der Waals surface area contributed by atoms with Gasteiger partial charge in [-0.25, -0.2) is 0 Å². The summed E-state index contributed by atoms with van der Waals surface area (Å²) in [5.74, 6) is -0.147. The number of carbonyl (C=O) groups is 3. The van der Waals surface area contributed by atoms with Crippen molar-refractivity contribution in [3.05, 3.63) is 0 Å². The molecule has 1 saturated carbocycles. The third kappa shape index (κ3) is 1.56. The molecule has 2 rings (SSSR count). The van der Waals surface area contributed by atoms with Gasteiger partial charge < -0.3 is 9.69 Å². The monoisotopic (exact) mass is 223 g/mol. The van der Waals surface area contributed by atoms with Crippen LogP contribution in [0.1, 0.15) is 32.1 Å². The predicted molar refractivity (Wildman–Crippen MR) is 57.7 cm³/mol. The average molecular weight is 223 g/mol. The lowest BCUT2D eigenvalue weighted by Crippen LogP contribution is -2.54. The molecule has 1 saturated heterocycles. The summed E-state index contributed by atoms with van der Waals surface area (Å²) in [6, 6.07) is 0. The minimum Gasteiger partial charge on any atom is -0.345 e. The zero-order valence-corrected chi connectivity index (χ0v) is 9.57. The third-order valence-corrected chi connectivity index (χ3v) is 4.01. The van der Waals surface area contributed by atoms with Gasteiger partial charge in [-0.1, -0.05) is 0 Å². The Kier molecular flexibility index (Phi) is 2.82. The minimum absolute atomic E-state index is 0.0103. The topological polar surface area (TPSA) is 54.5 Å². The Bertz CT molecular complexity index is 339. The van der Waals surface area contributed by atoms with Crippen molar-refractivity contribution in [3.8, 4) is 0 Å². The van der Waals surface area contributed by atoms with E-state index in [9.17, 15) is 14.4 Å². The van der Waals surface area contributed by atoms with Gasteiger partial charge in [0.25, 0.3) is 0 Å². The molecule has 88 valence electrons. The van der Waals surface area contributed by atoms with E-state index in [4.69, 9.17) is 0 Å². The number of rotatable bonds is 1. The van der Waals surface area contributed by atoms with Crippen molar-refractivity contribution in [2.45, 2.75) is 32.1 Å². The summed E-state index contributed by atoms with van der Waals surface area (Å²) >= 11 is 0. The van der Waals surface area contributed by atoms with Gasteiger partial charge in [-0.05, 0) is 19.3 Å². The van der Waals surface area contributed by atoms with Crippen molar-refractivity contribution in [2.75, 3.05) is 13.6 Å². The van der Waals surface area contributed by atoms with Crippen molar-refractivity contribution in [3.63, 3.8) is 0 Å². The highest BCUT2D eigenvalue weighted by Crippen LogP contribution is 2.45. The van der Waals surface area contributed by atoms with E-state index in [1.54, 1.807) is 11.9 Å². The molecule has 1 spiro atoms. The molecule has 1 aliphatic carbocycles. The van der Waals surface area contributed by atoms with E-state index in [-0.39, 0.29) is 24.0 Å². The van der Waals surface area contributed by atoms with Crippen LogP contribution in [-0.2, 0) is 14.4 Å². The fourth-order valence-corrected chi connectivity index (χ4v) is 3.08. The van der Waals surface area contributed by atoms with Gasteiger partial charge >= 0.3 is 0 Å². The summed E-state index contributed by atoms with van der Waals surface area (Å²) in [5, 5.41) is 0. The molecule has 2 fully saturated rings.